The SMILES string of the molecule is Cc1cc2ncn(C3CCCCCCC3N)c2cc1C. The van der Waals surface area contributed by atoms with Crippen molar-refractivity contribution in [2.75, 3.05) is 0 Å². The van der Waals surface area contributed by atoms with Crippen LogP contribution in [-0.4, -0.2) is 15.6 Å². The number of hydrogen-bond donors (Lipinski definition) is 1. The Hall–Kier alpha value is -1.35. The van der Waals surface area contributed by atoms with E-state index in [1.807, 2.05) is 6.33 Å². The molecule has 0 radical (unpaired) electrons. The average molecular weight is 271 g/mol. The number of hydrogen-bond acceptors (Lipinski definition) is 2. The summed E-state index contributed by atoms with van der Waals surface area (Å²) >= 11 is 0. The molecular formula is C17H25N3. The summed E-state index contributed by atoms with van der Waals surface area (Å²) in [6, 6.07) is 5.12. The summed E-state index contributed by atoms with van der Waals surface area (Å²) in [7, 11) is 0. The van der Waals surface area contributed by atoms with Crippen LogP contribution >= 0.6 is 0 Å². The van der Waals surface area contributed by atoms with E-state index in [0.29, 0.717) is 6.04 Å². The van der Waals surface area contributed by atoms with Gasteiger partial charge in [-0.05, 0) is 49.9 Å². The Morgan fingerprint density at radius 3 is 2.55 bits per heavy atom. The minimum absolute atomic E-state index is 0.259. The summed E-state index contributed by atoms with van der Waals surface area (Å²) in [5, 5.41) is 0. The highest BCUT2D eigenvalue weighted by molar-refractivity contribution is 5.77. The number of rotatable bonds is 1. The second-order valence-electron chi connectivity index (χ2n) is 6.30. The van der Waals surface area contributed by atoms with Gasteiger partial charge in [0.1, 0.15) is 0 Å². The van der Waals surface area contributed by atoms with Gasteiger partial charge in [-0.25, -0.2) is 4.98 Å². The molecule has 0 amide bonds. The summed E-state index contributed by atoms with van der Waals surface area (Å²) in [6.07, 6.45) is 9.53. The highest BCUT2D eigenvalue weighted by Crippen LogP contribution is 2.29. The first-order valence-corrected chi connectivity index (χ1v) is 7.86. The first-order chi connectivity index (χ1) is 9.66. The first kappa shape index (κ1) is 13.6. The lowest BCUT2D eigenvalue weighted by atomic mass is 9.92. The van der Waals surface area contributed by atoms with E-state index in [-0.39, 0.29) is 6.04 Å². The smallest absolute Gasteiger partial charge is 0.0961 e. The molecule has 0 spiro atoms. The lowest BCUT2D eigenvalue weighted by Gasteiger charge is -2.28. The second kappa shape index (κ2) is 5.57. The molecule has 3 rings (SSSR count). The van der Waals surface area contributed by atoms with E-state index in [4.69, 9.17) is 5.73 Å². The molecule has 1 fully saturated rings. The summed E-state index contributed by atoms with van der Waals surface area (Å²) in [4.78, 5) is 4.59. The third-order valence-corrected chi connectivity index (χ3v) is 4.83. The van der Waals surface area contributed by atoms with Crippen molar-refractivity contribution in [2.45, 2.75) is 64.5 Å². The van der Waals surface area contributed by atoms with Crippen molar-refractivity contribution in [1.29, 1.82) is 0 Å². The fourth-order valence-corrected chi connectivity index (χ4v) is 3.39. The van der Waals surface area contributed by atoms with Crippen LogP contribution in [0, 0.1) is 13.8 Å². The maximum absolute atomic E-state index is 6.45. The summed E-state index contributed by atoms with van der Waals surface area (Å²) in [5.41, 5.74) is 11.4. The number of imidazole rings is 1. The molecular weight excluding hydrogens is 246 g/mol. The van der Waals surface area contributed by atoms with Crippen LogP contribution in [0.1, 0.15) is 55.7 Å². The molecule has 2 unspecified atom stereocenters. The zero-order valence-corrected chi connectivity index (χ0v) is 12.6. The molecule has 1 aromatic carbocycles. The minimum atomic E-state index is 0.259. The summed E-state index contributed by atoms with van der Waals surface area (Å²) < 4.78 is 2.33. The Balaban J connectivity index is 2.01. The number of fused-ring (bicyclic) bond motifs is 1. The lowest BCUT2D eigenvalue weighted by Crippen LogP contribution is -2.32. The summed E-state index contributed by atoms with van der Waals surface area (Å²) in [5.74, 6) is 0. The van der Waals surface area contributed by atoms with Crippen molar-refractivity contribution in [3.8, 4) is 0 Å². The molecule has 0 bridgehead atoms. The highest BCUT2D eigenvalue weighted by Gasteiger charge is 2.22. The minimum Gasteiger partial charge on any atom is -0.326 e. The molecule has 108 valence electrons. The zero-order valence-electron chi connectivity index (χ0n) is 12.6. The second-order valence-corrected chi connectivity index (χ2v) is 6.30. The van der Waals surface area contributed by atoms with E-state index in [1.54, 1.807) is 0 Å². The van der Waals surface area contributed by atoms with Gasteiger partial charge in [-0.3, -0.25) is 0 Å². The third-order valence-electron chi connectivity index (χ3n) is 4.83. The summed E-state index contributed by atoms with van der Waals surface area (Å²) in [6.45, 7) is 4.32. The number of nitrogens with two attached hydrogens (primary N) is 1. The molecule has 1 saturated carbocycles. The maximum Gasteiger partial charge on any atom is 0.0961 e. The van der Waals surface area contributed by atoms with Gasteiger partial charge in [-0.15, -0.1) is 0 Å². The molecule has 20 heavy (non-hydrogen) atoms. The molecule has 2 atom stereocenters. The van der Waals surface area contributed by atoms with E-state index in [2.05, 4.69) is 35.5 Å². The Kier molecular flexibility index (Phi) is 3.79. The van der Waals surface area contributed by atoms with Gasteiger partial charge >= 0.3 is 0 Å². The molecule has 1 aliphatic carbocycles. The van der Waals surface area contributed by atoms with E-state index in [1.165, 1.54) is 48.7 Å². The van der Waals surface area contributed by atoms with Crippen molar-refractivity contribution >= 4 is 11.0 Å². The molecule has 0 saturated heterocycles. The monoisotopic (exact) mass is 271 g/mol. The predicted molar refractivity (Wildman–Crippen MR) is 83.9 cm³/mol. The third kappa shape index (κ3) is 2.47. The van der Waals surface area contributed by atoms with E-state index < -0.39 is 0 Å². The molecule has 1 aliphatic rings. The van der Waals surface area contributed by atoms with Gasteiger partial charge in [0.05, 0.1) is 23.4 Å². The normalized spacial score (nSPS) is 24.6. The van der Waals surface area contributed by atoms with Gasteiger partial charge in [0.25, 0.3) is 0 Å². The number of aryl methyl sites for hydroxylation is 2. The van der Waals surface area contributed by atoms with Gasteiger partial charge in [0, 0.05) is 6.04 Å². The van der Waals surface area contributed by atoms with E-state index in [0.717, 1.165) is 11.9 Å². The molecule has 2 N–H and O–H groups in total. The number of benzene rings is 1. The van der Waals surface area contributed by atoms with E-state index >= 15 is 0 Å². The van der Waals surface area contributed by atoms with Gasteiger partial charge in [0.15, 0.2) is 0 Å². The van der Waals surface area contributed by atoms with Crippen LogP contribution in [0.3, 0.4) is 0 Å². The van der Waals surface area contributed by atoms with Crippen molar-refractivity contribution in [1.82, 2.24) is 9.55 Å². The predicted octanol–water partition coefficient (Wildman–Crippen LogP) is 3.88. The fourth-order valence-electron chi connectivity index (χ4n) is 3.39. The van der Waals surface area contributed by atoms with Gasteiger partial charge in [-0.1, -0.05) is 25.7 Å². The molecule has 2 aromatic rings. The number of aromatic nitrogens is 2. The fraction of sp³-hybridized carbons (Fsp3) is 0.588. The Labute approximate surface area is 121 Å². The molecule has 3 heteroatoms. The number of nitrogens with zero attached hydrogens (tertiary/aromatic N) is 2. The molecule has 3 nitrogen and oxygen atoms in total. The highest BCUT2D eigenvalue weighted by atomic mass is 15.1. The van der Waals surface area contributed by atoms with Crippen LogP contribution in [0.15, 0.2) is 18.5 Å². The van der Waals surface area contributed by atoms with Crippen LogP contribution < -0.4 is 5.73 Å². The van der Waals surface area contributed by atoms with Crippen molar-refractivity contribution in [3.63, 3.8) is 0 Å². The maximum atomic E-state index is 6.45. The van der Waals surface area contributed by atoms with Crippen LogP contribution in [0.2, 0.25) is 0 Å². The lowest BCUT2D eigenvalue weighted by molar-refractivity contribution is 0.332. The van der Waals surface area contributed by atoms with Crippen LogP contribution in [0.4, 0.5) is 0 Å². The van der Waals surface area contributed by atoms with Crippen molar-refractivity contribution in [3.05, 3.63) is 29.6 Å². The largest absolute Gasteiger partial charge is 0.326 e. The topological polar surface area (TPSA) is 43.8 Å². The van der Waals surface area contributed by atoms with Gasteiger partial charge in [0.2, 0.25) is 0 Å². The van der Waals surface area contributed by atoms with Crippen molar-refractivity contribution < 1.29 is 0 Å². The van der Waals surface area contributed by atoms with Crippen LogP contribution in [-0.2, 0) is 0 Å². The molecule has 1 heterocycles. The Bertz CT molecular complexity index is 600. The average Bonchev–Trinajstić information content (AvgIpc) is 2.78. The quantitative estimate of drug-likeness (QED) is 0.855. The van der Waals surface area contributed by atoms with Gasteiger partial charge in [-0.2, -0.15) is 0 Å². The first-order valence-electron chi connectivity index (χ1n) is 7.86. The standard InChI is InChI=1S/C17H25N3/c1-12-9-15-17(10-13(12)2)20(11-19-15)16-8-6-4-3-5-7-14(16)18/h9-11,14,16H,3-8,18H2,1-2H3. The molecule has 0 aliphatic heterocycles. The molecule has 1 aromatic heterocycles. The van der Waals surface area contributed by atoms with Crippen molar-refractivity contribution in [2.24, 2.45) is 5.73 Å². The van der Waals surface area contributed by atoms with E-state index in [9.17, 15) is 0 Å². The Morgan fingerprint density at radius 2 is 1.75 bits per heavy atom. The van der Waals surface area contributed by atoms with Crippen LogP contribution in [0.5, 0.6) is 0 Å². The van der Waals surface area contributed by atoms with Gasteiger partial charge < -0.3 is 10.3 Å². The van der Waals surface area contributed by atoms with Crippen LogP contribution in [0.25, 0.3) is 11.0 Å². The Morgan fingerprint density at radius 1 is 1.05 bits per heavy atom. The zero-order chi connectivity index (χ0) is 14.1.